The third-order valence-corrected chi connectivity index (χ3v) is 5.12. The van der Waals surface area contributed by atoms with E-state index in [0.29, 0.717) is 36.5 Å². The number of nitro benzene ring substituents is 1. The molecule has 1 atom stereocenters. The van der Waals surface area contributed by atoms with Crippen molar-refractivity contribution in [2.45, 2.75) is 25.8 Å². The Morgan fingerprint density at radius 1 is 1.26 bits per heavy atom. The van der Waals surface area contributed by atoms with Gasteiger partial charge in [-0.25, -0.2) is 0 Å². The highest BCUT2D eigenvalue weighted by Crippen LogP contribution is 2.29. The van der Waals surface area contributed by atoms with E-state index in [0.717, 1.165) is 17.7 Å². The molecule has 2 aromatic rings. The number of amides is 1. The number of benzene rings is 2. The Kier molecular flexibility index (Phi) is 5.96. The minimum atomic E-state index is -0.398. The van der Waals surface area contributed by atoms with Gasteiger partial charge in [0, 0.05) is 36.2 Å². The summed E-state index contributed by atoms with van der Waals surface area (Å²) in [6.07, 6.45) is 1.75. The number of hydrogen-bond donors (Lipinski definition) is 0. The molecule has 0 saturated carbocycles. The lowest BCUT2D eigenvalue weighted by atomic mass is 9.90. The van der Waals surface area contributed by atoms with Gasteiger partial charge in [-0.2, -0.15) is 0 Å². The zero-order chi connectivity index (χ0) is 19.4. The molecule has 27 heavy (non-hydrogen) atoms. The lowest BCUT2D eigenvalue weighted by Crippen LogP contribution is -2.40. The first-order valence-electron chi connectivity index (χ1n) is 8.80. The predicted molar refractivity (Wildman–Crippen MR) is 103 cm³/mol. The van der Waals surface area contributed by atoms with Crippen molar-refractivity contribution in [2.24, 2.45) is 5.92 Å². The summed E-state index contributed by atoms with van der Waals surface area (Å²) in [7, 11) is 1.61. The maximum Gasteiger partial charge on any atom is 0.274 e. The molecule has 142 valence electrons. The number of carbonyl (C=O) groups is 1. The monoisotopic (exact) mass is 388 g/mol. The van der Waals surface area contributed by atoms with E-state index in [2.05, 4.69) is 0 Å². The van der Waals surface area contributed by atoms with Crippen LogP contribution in [0.3, 0.4) is 0 Å². The number of methoxy groups -OCH3 is 1. The average Bonchev–Trinajstić information content (AvgIpc) is 2.66. The summed E-state index contributed by atoms with van der Waals surface area (Å²) in [5, 5.41) is 11.6. The number of ether oxygens (including phenoxy) is 1. The molecular formula is C20H21ClN2O4. The second-order valence-corrected chi connectivity index (χ2v) is 7.20. The molecule has 1 aliphatic heterocycles. The zero-order valence-corrected chi connectivity index (χ0v) is 15.8. The van der Waals surface area contributed by atoms with Crippen molar-refractivity contribution < 1.29 is 14.5 Å². The third-order valence-electron chi connectivity index (χ3n) is 4.88. The van der Waals surface area contributed by atoms with Crippen molar-refractivity contribution in [2.75, 3.05) is 13.7 Å². The van der Waals surface area contributed by atoms with Gasteiger partial charge in [0.25, 0.3) is 5.69 Å². The van der Waals surface area contributed by atoms with Crippen LogP contribution in [0.4, 0.5) is 5.69 Å². The van der Waals surface area contributed by atoms with Gasteiger partial charge in [-0.05, 0) is 42.5 Å². The van der Waals surface area contributed by atoms with Gasteiger partial charge in [0.15, 0.2) is 0 Å². The van der Waals surface area contributed by atoms with Crippen LogP contribution in [0.15, 0.2) is 42.5 Å². The number of halogens is 1. The van der Waals surface area contributed by atoms with Crippen molar-refractivity contribution in [1.82, 2.24) is 4.90 Å². The van der Waals surface area contributed by atoms with Crippen LogP contribution < -0.4 is 4.74 Å². The number of nitro groups is 1. The fourth-order valence-corrected chi connectivity index (χ4v) is 3.62. The second kappa shape index (κ2) is 8.39. The molecule has 1 aliphatic rings. The summed E-state index contributed by atoms with van der Waals surface area (Å²) in [5.74, 6) is 1.07. The Balaban J connectivity index is 1.70. The summed E-state index contributed by atoms with van der Waals surface area (Å²) >= 11 is 5.89. The summed E-state index contributed by atoms with van der Waals surface area (Å²) in [4.78, 5) is 25.0. The highest BCUT2D eigenvalue weighted by Gasteiger charge is 2.27. The molecular weight excluding hydrogens is 368 g/mol. The van der Waals surface area contributed by atoms with Crippen LogP contribution in [0.5, 0.6) is 5.75 Å². The van der Waals surface area contributed by atoms with E-state index in [4.69, 9.17) is 16.3 Å². The number of carbonyl (C=O) groups excluding carboxylic acids is 1. The number of hydrogen-bond acceptors (Lipinski definition) is 4. The predicted octanol–water partition coefficient (Wildman–Crippen LogP) is 4.24. The molecule has 0 aliphatic carbocycles. The van der Waals surface area contributed by atoms with Crippen molar-refractivity contribution in [3.05, 3.63) is 68.7 Å². The van der Waals surface area contributed by atoms with Crippen LogP contribution >= 0.6 is 11.6 Å². The number of nitrogens with zero attached hydrogens (tertiary/aromatic N) is 2. The van der Waals surface area contributed by atoms with Gasteiger partial charge in [-0.3, -0.25) is 14.9 Å². The SMILES string of the molecule is COc1ccc(CN2CC(Cc3ccc(Cl)cc3[N+](=O)[O-])CCC2=O)cc1. The molecule has 0 N–H and O–H groups in total. The molecule has 2 aromatic carbocycles. The Morgan fingerprint density at radius 2 is 2.00 bits per heavy atom. The molecule has 1 fully saturated rings. The van der Waals surface area contributed by atoms with Crippen LogP contribution in [0.25, 0.3) is 0 Å². The van der Waals surface area contributed by atoms with E-state index in [9.17, 15) is 14.9 Å². The molecule has 1 heterocycles. The molecule has 7 heteroatoms. The van der Waals surface area contributed by atoms with Crippen molar-refractivity contribution >= 4 is 23.2 Å². The van der Waals surface area contributed by atoms with Crippen LogP contribution in [0, 0.1) is 16.0 Å². The summed E-state index contributed by atoms with van der Waals surface area (Å²) in [6.45, 7) is 1.12. The smallest absolute Gasteiger partial charge is 0.274 e. The Labute approximate surface area is 162 Å². The number of rotatable bonds is 6. The van der Waals surface area contributed by atoms with E-state index in [-0.39, 0.29) is 17.5 Å². The van der Waals surface area contributed by atoms with Crippen LogP contribution in [-0.4, -0.2) is 29.4 Å². The lowest BCUT2D eigenvalue weighted by Gasteiger charge is -2.32. The van der Waals surface area contributed by atoms with Gasteiger partial charge >= 0.3 is 0 Å². The van der Waals surface area contributed by atoms with Gasteiger partial charge in [-0.1, -0.05) is 29.8 Å². The molecule has 0 bridgehead atoms. The molecule has 3 rings (SSSR count). The highest BCUT2D eigenvalue weighted by atomic mass is 35.5. The first-order chi connectivity index (χ1) is 13.0. The fourth-order valence-electron chi connectivity index (χ4n) is 3.45. The van der Waals surface area contributed by atoms with E-state index in [1.807, 2.05) is 29.2 Å². The Morgan fingerprint density at radius 3 is 2.67 bits per heavy atom. The summed E-state index contributed by atoms with van der Waals surface area (Å²) in [5.41, 5.74) is 1.73. The van der Waals surface area contributed by atoms with E-state index >= 15 is 0 Å². The van der Waals surface area contributed by atoms with E-state index in [1.54, 1.807) is 19.2 Å². The summed E-state index contributed by atoms with van der Waals surface area (Å²) < 4.78 is 5.16. The van der Waals surface area contributed by atoms with Gasteiger partial charge in [-0.15, -0.1) is 0 Å². The molecule has 1 saturated heterocycles. The number of likely N-dealkylation sites (tertiary alicyclic amines) is 1. The quantitative estimate of drug-likeness (QED) is 0.548. The molecule has 1 unspecified atom stereocenters. The maximum absolute atomic E-state index is 12.3. The normalized spacial score (nSPS) is 17.0. The van der Waals surface area contributed by atoms with Gasteiger partial charge in [0.1, 0.15) is 5.75 Å². The third kappa shape index (κ3) is 4.77. The highest BCUT2D eigenvalue weighted by molar-refractivity contribution is 6.30. The Bertz CT molecular complexity index is 838. The molecule has 0 spiro atoms. The van der Waals surface area contributed by atoms with Crippen molar-refractivity contribution in [1.29, 1.82) is 0 Å². The summed E-state index contributed by atoms with van der Waals surface area (Å²) in [6, 6.07) is 12.4. The zero-order valence-electron chi connectivity index (χ0n) is 15.1. The Hall–Kier alpha value is -2.60. The first-order valence-corrected chi connectivity index (χ1v) is 9.17. The van der Waals surface area contributed by atoms with Crippen LogP contribution in [-0.2, 0) is 17.8 Å². The van der Waals surface area contributed by atoms with Gasteiger partial charge in [0.2, 0.25) is 5.91 Å². The minimum Gasteiger partial charge on any atom is -0.497 e. The fraction of sp³-hybridized carbons (Fsp3) is 0.350. The standard InChI is InChI=1S/C20H21ClN2O4/c1-27-18-7-2-14(3-8-18)12-22-13-15(4-9-20(22)24)10-16-5-6-17(21)11-19(16)23(25)26/h2-3,5-8,11,15H,4,9-10,12-13H2,1H3. The van der Waals surface area contributed by atoms with Crippen molar-refractivity contribution in [3.63, 3.8) is 0 Å². The van der Waals surface area contributed by atoms with Gasteiger partial charge < -0.3 is 9.64 Å². The largest absolute Gasteiger partial charge is 0.497 e. The number of piperidine rings is 1. The molecule has 6 nitrogen and oxygen atoms in total. The maximum atomic E-state index is 12.3. The lowest BCUT2D eigenvalue weighted by molar-refractivity contribution is -0.385. The minimum absolute atomic E-state index is 0.0427. The first kappa shape index (κ1) is 19.2. The van der Waals surface area contributed by atoms with Crippen LogP contribution in [0.1, 0.15) is 24.0 Å². The van der Waals surface area contributed by atoms with E-state index < -0.39 is 4.92 Å². The molecule has 0 radical (unpaired) electrons. The average molecular weight is 389 g/mol. The van der Waals surface area contributed by atoms with E-state index in [1.165, 1.54) is 6.07 Å². The van der Waals surface area contributed by atoms with Crippen LogP contribution in [0.2, 0.25) is 5.02 Å². The van der Waals surface area contributed by atoms with Crippen molar-refractivity contribution in [3.8, 4) is 5.75 Å². The van der Waals surface area contributed by atoms with Gasteiger partial charge in [0.05, 0.1) is 12.0 Å². The topological polar surface area (TPSA) is 72.7 Å². The molecule has 1 amide bonds. The second-order valence-electron chi connectivity index (χ2n) is 6.76. The molecule has 0 aromatic heterocycles.